The van der Waals surface area contributed by atoms with Gasteiger partial charge in [0.1, 0.15) is 5.76 Å². The van der Waals surface area contributed by atoms with Crippen molar-refractivity contribution in [2.24, 2.45) is 0 Å². The molecule has 0 aromatic carbocycles. The highest BCUT2D eigenvalue weighted by Crippen LogP contribution is 2.09. The van der Waals surface area contributed by atoms with Gasteiger partial charge in [0.15, 0.2) is 5.69 Å². The van der Waals surface area contributed by atoms with E-state index in [2.05, 4.69) is 22.4 Å². The van der Waals surface area contributed by atoms with Crippen molar-refractivity contribution in [2.75, 3.05) is 20.1 Å². The third-order valence-corrected chi connectivity index (χ3v) is 2.91. The summed E-state index contributed by atoms with van der Waals surface area (Å²) in [4.78, 5) is 14.0. The van der Waals surface area contributed by atoms with Gasteiger partial charge in [-0.1, -0.05) is 5.16 Å². The predicted octanol–water partition coefficient (Wildman–Crippen LogP) is 0.807. The lowest BCUT2D eigenvalue weighted by Crippen LogP contribution is -2.43. The molecule has 0 atom stereocenters. The zero-order valence-electron chi connectivity index (χ0n) is 9.69. The van der Waals surface area contributed by atoms with Crippen molar-refractivity contribution in [1.82, 2.24) is 15.4 Å². The van der Waals surface area contributed by atoms with Crippen LogP contribution in [0.2, 0.25) is 0 Å². The number of nitrogens with zero attached hydrogens (tertiary/aromatic N) is 2. The molecule has 2 rings (SSSR count). The van der Waals surface area contributed by atoms with Crippen molar-refractivity contribution in [3.8, 4) is 0 Å². The van der Waals surface area contributed by atoms with E-state index in [4.69, 9.17) is 4.52 Å². The molecule has 5 nitrogen and oxygen atoms in total. The fourth-order valence-corrected chi connectivity index (χ4v) is 1.89. The number of carbonyl (C=O) groups is 1. The third-order valence-electron chi connectivity index (χ3n) is 2.91. The minimum absolute atomic E-state index is 0.133. The fraction of sp³-hybridized carbons (Fsp3) is 0.636. The second-order valence-electron chi connectivity index (χ2n) is 4.37. The second-order valence-corrected chi connectivity index (χ2v) is 4.37. The van der Waals surface area contributed by atoms with Crippen molar-refractivity contribution in [2.45, 2.75) is 25.8 Å². The number of aromatic nitrogens is 1. The van der Waals surface area contributed by atoms with E-state index < -0.39 is 0 Å². The Morgan fingerprint density at radius 1 is 1.56 bits per heavy atom. The van der Waals surface area contributed by atoms with Gasteiger partial charge in [0.25, 0.3) is 5.91 Å². The average molecular weight is 223 g/mol. The van der Waals surface area contributed by atoms with E-state index in [-0.39, 0.29) is 11.9 Å². The normalized spacial score (nSPS) is 18.6. The highest BCUT2D eigenvalue weighted by molar-refractivity contribution is 5.92. The Hall–Kier alpha value is -1.36. The average Bonchev–Trinajstić information content (AvgIpc) is 2.68. The summed E-state index contributed by atoms with van der Waals surface area (Å²) >= 11 is 0. The van der Waals surface area contributed by atoms with Crippen LogP contribution in [0.1, 0.15) is 29.1 Å². The first-order valence-corrected chi connectivity index (χ1v) is 5.58. The quantitative estimate of drug-likeness (QED) is 0.806. The van der Waals surface area contributed by atoms with Gasteiger partial charge in [-0.2, -0.15) is 0 Å². The summed E-state index contributed by atoms with van der Waals surface area (Å²) in [6, 6.07) is 1.92. The number of hydrogen-bond donors (Lipinski definition) is 1. The molecule has 0 radical (unpaired) electrons. The molecule has 16 heavy (non-hydrogen) atoms. The molecule has 1 N–H and O–H groups in total. The highest BCUT2D eigenvalue weighted by atomic mass is 16.5. The number of hydrogen-bond acceptors (Lipinski definition) is 4. The Labute approximate surface area is 94.8 Å². The number of amides is 1. The van der Waals surface area contributed by atoms with Crippen molar-refractivity contribution < 1.29 is 9.32 Å². The summed E-state index contributed by atoms with van der Waals surface area (Å²) in [6.07, 6.45) is 2.00. The maximum absolute atomic E-state index is 11.8. The van der Waals surface area contributed by atoms with Crippen LogP contribution in [-0.4, -0.2) is 42.1 Å². The molecule has 5 heteroatoms. The van der Waals surface area contributed by atoms with Crippen molar-refractivity contribution in [3.05, 3.63) is 17.5 Å². The largest absolute Gasteiger partial charge is 0.361 e. The molecule has 1 fully saturated rings. The molecule has 0 spiro atoms. The van der Waals surface area contributed by atoms with Gasteiger partial charge < -0.3 is 14.7 Å². The minimum atomic E-state index is -0.133. The molecule has 1 aliphatic heterocycles. The van der Waals surface area contributed by atoms with Crippen molar-refractivity contribution in [1.29, 1.82) is 0 Å². The van der Waals surface area contributed by atoms with Crippen LogP contribution >= 0.6 is 0 Å². The minimum Gasteiger partial charge on any atom is -0.361 e. The second kappa shape index (κ2) is 4.65. The van der Waals surface area contributed by atoms with Gasteiger partial charge >= 0.3 is 0 Å². The summed E-state index contributed by atoms with van der Waals surface area (Å²) < 4.78 is 4.87. The summed E-state index contributed by atoms with van der Waals surface area (Å²) in [6.45, 7) is 3.84. The molecule has 0 bridgehead atoms. The van der Waals surface area contributed by atoms with E-state index in [1.165, 1.54) is 0 Å². The fourth-order valence-electron chi connectivity index (χ4n) is 1.89. The summed E-state index contributed by atoms with van der Waals surface area (Å²) in [5.74, 6) is 0.528. The molecule has 88 valence electrons. The van der Waals surface area contributed by atoms with Gasteiger partial charge in [0.05, 0.1) is 0 Å². The first kappa shape index (κ1) is 11.1. The van der Waals surface area contributed by atoms with Crippen LogP contribution in [0, 0.1) is 6.92 Å². The number of rotatable bonds is 2. The standard InChI is InChI=1S/C11H17N3O2/c1-8-7-10(13-16-8)11(15)12-9-3-5-14(2)6-4-9/h7,9H,3-6H2,1-2H3,(H,12,15). The molecule has 0 saturated carbocycles. The molecule has 0 unspecified atom stereocenters. The van der Waals surface area contributed by atoms with E-state index in [9.17, 15) is 4.79 Å². The maximum atomic E-state index is 11.8. The topological polar surface area (TPSA) is 58.4 Å². The Morgan fingerprint density at radius 3 is 2.81 bits per heavy atom. The van der Waals surface area contributed by atoms with Gasteiger partial charge in [-0.05, 0) is 39.9 Å². The van der Waals surface area contributed by atoms with Crippen LogP contribution in [-0.2, 0) is 0 Å². The molecule has 1 saturated heterocycles. The van der Waals surface area contributed by atoms with Crippen LogP contribution in [0.4, 0.5) is 0 Å². The van der Waals surface area contributed by atoms with Crippen LogP contribution in [0.15, 0.2) is 10.6 Å². The summed E-state index contributed by atoms with van der Waals surface area (Å²) in [7, 11) is 2.10. The number of likely N-dealkylation sites (tertiary alicyclic amines) is 1. The Balaban J connectivity index is 1.88. The SMILES string of the molecule is Cc1cc(C(=O)NC2CCN(C)CC2)no1. The van der Waals surface area contributed by atoms with Gasteiger partial charge in [-0.25, -0.2) is 0 Å². The lowest BCUT2D eigenvalue weighted by molar-refractivity contribution is 0.0907. The lowest BCUT2D eigenvalue weighted by atomic mass is 10.1. The zero-order chi connectivity index (χ0) is 11.5. The molecule has 2 heterocycles. The maximum Gasteiger partial charge on any atom is 0.273 e. The van der Waals surface area contributed by atoms with E-state index >= 15 is 0 Å². The number of piperidine rings is 1. The van der Waals surface area contributed by atoms with E-state index in [1.54, 1.807) is 13.0 Å². The molecule has 1 aromatic heterocycles. The van der Waals surface area contributed by atoms with Crippen LogP contribution < -0.4 is 5.32 Å². The molecule has 0 aliphatic carbocycles. The van der Waals surface area contributed by atoms with Crippen molar-refractivity contribution >= 4 is 5.91 Å². The first-order valence-electron chi connectivity index (χ1n) is 5.58. The molecular formula is C11H17N3O2. The molecule has 1 aromatic rings. The van der Waals surface area contributed by atoms with Crippen molar-refractivity contribution in [3.63, 3.8) is 0 Å². The van der Waals surface area contributed by atoms with Crippen LogP contribution in [0.5, 0.6) is 0 Å². The Kier molecular flexibility index (Phi) is 3.24. The van der Waals surface area contributed by atoms with Gasteiger partial charge in [0, 0.05) is 12.1 Å². The molecular weight excluding hydrogens is 206 g/mol. The van der Waals surface area contributed by atoms with E-state index in [0.717, 1.165) is 25.9 Å². The summed E-state index contributed by atoms with van der Waals surface area (Å²) in [5.41, 5.74) is 0.372. The van der Waals surface area contributed by atoms with E-state index in [1.807, 2.05) is 0 Å². The number of nitrogens with one attached hydrogen (secondary N) is 1. The molecule has 1 aliphatic rings. The molecule has 1 amide bonds. The smallest absolute Gasteiger partial charge is 0.273 e. The van der Waals surface area contributed by atoms with E-state index in [0.29, 0.717) is 11.5 Å². The zero-order valence-corrected chi connectivity index (χ0v) is 9.69. The summed E-state index contributed by atoms with van der Waals surface area (Å²) in [5, 5.41) is 6.68. The van der Waals surface area contributed by atoms with Gasteiger partial charge in [-0.3, -0.25) is 4.79 Å². The highest BCUT2D eigenvalue weighted by Gasteiger charge is 2.20. The Morgan fingerprint density at radius 2 is 2.25 bits per heavy atom. The number of carbonyl (C=O) groups excluding carboxylic acids is 1. The first-order chi connectivity index (χ1) is 7.65. The third kappa shape index (κ3) is 2.61. The number of aryl methyl sites for hydroxylation is 1. The van der Waals surface area contributed by atoms with Crippen LogP contribution in [0.25, 0.3) is 0 Å². The Bertz CT molecular complexity index is 367. The lowest BCUT2D eigenvalue weighted by Gasteiger charge is -2.29. The predicted molar refractivity (Wildman–Crippen MR) is 59.2 cm³/mol. The monoisotopic (exact) mass is 223 g/mol. The van der Waals surface area contributed by atoms with Crippen LogP contribution in [0.3, 0.4) is 0 Å². The van der Waals surface area contributed by atoms with Gasteiger partial charge in [-0.15, -0.1) is 0 Å². The van der Waals surface area contributed by atoms with Gasteiger partial charge in [0.2, 0.25) is 0 Å².